The first-order chi connectivity index (χ1) is 12.8. The summed E-state index contributed by atoms with van der Waals surface area (Å²) in [5, 5.41) is 31.0. The Morgan fingerprint density at radius 2 is 1.85 bits per heavy atom. The van der Waals surface area contributed by atoms with Crippen molar-refractivity contribution in [2.75, 3.05) is 0 Å². The van der Waals surface area contributed by atoms with E-state index in [0.29, 0.717) is 35.5 Å². The van der Waals surface area contributed by atoms with Gasteiger partial charge < -0.3 is 15.3 Å². The van der Waals surface area contributed by atoms with E-state index in [0.717, 1.165) is 44.9 Å². The van der Waals surface area contributed by atoms with Crippen LogP contribution >= 0.6 is 0 Å². The van der Waals surface area contributed by atoms with Crippen LogP contribution in [0.15, 0.2) is 0 Å². The molecular weight excluding hydrogens is 340 g/mol. The van der Waals surface area contributed by atoms with Crippen molar-refractivity contribution in [2.45, 2.75) is 96.2 Å². The van der Waals surface area contributed by atoms with Gasteiger partial charge in [0.1, 0.15) is 0 Å². The van der Waals surface area contributed by atoms with E-state index in [9.17, 15) is 15.0 Å². The molecule has 4 fully saturated rings. The van der Waals surface area contributed by atoms with Crippen LogP contribution in [0.3, 0.4) is 0 Å². The van der Waals surface area contributed by atoms with E-state index >= 15 is 0 Å². The summed E-state index contributed by atoms with van der Waals surface area (Å²) in [6.45, 7) is 4.63. The Labute approximate surface area is 163 Å². The van der Waals surface area contributed by atoms with Crippen molar-refractivity contribution in [1.82, 2.24) is 0 Å². The first-order valence-electron chi connectivity index (χ1n) is 11.4. The number of carboxylic acids is 1. The predicted molar refractivity (Wildman–Crippen MR) is 104 cm³/mol. The van der Waals surface area contributed by atoms with Crippen LogP contribution in [0.4, 0.5) is 0 Å². The molecule has 4 nitrogen and oxygen atoms in total. The van der Waals surface area contributed by atoms with Gasteiger partial charge in [0, 0.05) is 6.42 Å². The normalized spacial score (nSPS) is 50.4. The van der Waals surface area contributed by atoms with Gasteiger partial charge >= 0.3 is 5.97 Å². The second kappa shape index (κ2) is 7.02. The molecule has 0 heterocycles. The molecule has 0 aromatic carbocycles. The number of rotatable bonds is 4. The molecule has 4 aliphatic rings. The minimum absolute atomic E-state index is 0.105. The third kappa shape index (κ3) is 3.15. The van der Waals surface area contributed by atoms with Gasteiger partial charge in [-0.15, -0.1) is 0 Å². The Morgan fingerprint density at radius 3 is 2.59 bits per heavy atom. The highest BCUT2D eigenvalue weighted by Gasteiger charge is 2.61. The smallest absolute Gasteiger partial charge is 0.303 e. The quantitative estimate of drug-likeness (QED) is 0.684. The second-order valence-electron chi connectivity index (χ2n) is 10.7. The van der Waals surface area contributed by atoms with Gasteiger partial charge in [0.05, 0.1) is 11.7 Å². The molecule has 4 heteroatoms. The number of aliphatic hydroxyl groups excluding tert-OH is 1. The summed E-state index contributed by atoms with van der Waals surface area (Å²) in [6, 6.07) is 0. The molecule has 0 aromatic rings. The molecule has 3 N–H and O–H groups in total. The fourth-order valence-corrected chi connectivity index (χ4v) is 8.25. The molecule has 0 radical (unpaired) electrons. The van der Waals surface area contributed by atoms with E-state index in [1.54, 1.807) is 0 Å². The van der Waals surface area contributed by atoms with Gasteiger partial charge in [-0.25, -0.2) is 0 Å². The summed E-state index contributed by atoms with van der Waals surface area (Å²) >= 11 is 0. The van der Waals surface area contributed by atoms with Gasteiger partial charge in [-0.2, -0.15) is 0 Å². The molecule has 4 aliphatic carbocycles. The lowest BCUT2D eigenvalue weighted by molar-refractivity contribution is -0.167. The highest BCUT2D eigenvalue weighted by atomic mass is 16.4. The van der Waals surface area contributed by atoms with Gasteiger partial charge in [-0.05, 0) is 105 Å². The molecule has 27 heavy (non-hydrogen) atoms. The Bertz CT molecular complexity index is 577. The molecule has 0 amide bonds. The summed E-state index contributed by atoms with van der Waals surface area (Å²) in [7, 11) is 0. The number of hydrogen-bond acceptors (Lipinski definition) is 3. The van der Waals surface area contributed by atoms with E-state index in [2.05, 4.69) is 13.8 Å². The molecular formula is C23H38O4. The molecule has 4 rings (SSSR count). The summed E-state index contributed by atoms with van der Waals surface area (Å²) in [5.74, 6) is 2.20. The summed E-state index contributed by atoms with van der Waals surface area (Å²) < 4.78 is 0. The molecule has 9 atom stereocenters. The van der Waals surface area contributed by atoms with Crippen molar-refractivity contribution in [2.24, 2.45) is 40.9 Å². The fraction of sp³-hybridized carbons (Fsp3) is 0.957. The van der Waals surface area contributed by atoms with Crippen molar-refractivity contribution in [1.29, 1.82) is 0 Å². The number of aliphatic carboxylic acids is 1. The third-order valence-corrected chi connectivity index (χ3v) is 9.66. The maximum Gasteiger partial charge on any atom is 0.303 e. The zero-order chi connectivity index (χ0) is 19.4. The standard InChI is InChI=1S/C23H38O4/c1-14(3-8-21(25)26)18-6-7-20-17-5-4-15-13-16(24)9-11-22(15,2)19(17)10-12-23(18,20)27/h14-20,24,27H,3-13H2,1-2H3,(H,25,26)/t14-,15?,16-,17?,18?,19?,20?,22?,23?/m1/s1. The molecule has 0 spiro atoms. The van der Waals surface area contributed by atoms with E-state index in [-0.39, 0.29) is 24.4 Å². The Morgan fingerprint density at radius 1 is 1.07 bits per heavy atom. The topological polar surface area (TPSA) is 77.8 Å². The monoisotopic (exact) mass is 378 g/mol. The molecule has 0 aromatic heterocycles. The van der Waals surface area contributed by atoms with Gasteiger partial charge in [-0.3, -0.25) is 4.79 Å². The molecule has 154 valence electrons. The average molecular weight is 379 g/mol. The zero-order valence-electron chi connectivity index (χ0n) is 17.1. The molecule has 0 aliphatic heterocycles. The highest BCUT2D eigenvalue weighted by Crippen LogP contribution is 2.65. The summed E-state index contributed by atoms with van der Waals surface area (Å²) in [4.78, 5) is 11.0. The van der Waals surface area contributed by atoms with Crippen molar-refractivity contribution < 1.29 is 20.1 Å². The summed E-state index contributed by atoms with van der Waals surface area (Å²) in [6.07, 6.45) is 10.5. The van der Waals surface area contributed by atoms with Gasteiger partial charge in [-0.1, -0.05) is 13.8 Å². The second-order valence-corrected chi connectivity index (χ2v) is 10.7. The van der Waals surface area contributed by atoms with Gasteiger partial charge in [0.15, 0.2) is 0 Å². The van der Waals surface area contributed by atoms with E-state index in [1.165, 1.54) is 12.8 Å². The number of aliphatic hydroxyl groups is 2. The van der Waals surface area contributed by atoms with Crippen molar-refractivity contribution in [3.8, 4) is 0 Å². The Kier molecular flexibility index (Phi) is 5.12. The number of carboxylic acid groups (broad SMARTS) is 1. The van der Waals surface area contributed by atoms with Crippen molar-refractivity contribution in [3.63, 3.8) is 0 Å². The minimum atomic E-state index is -0.724. The largest absolute Gasteiger partial charge is 0.481 e. The maximum atomic E-state index is 11.8. The summed E-state index contributed by atoms with van der Waals surface area (Å²) in [5.41, 5.74) is -0.229. The van der Waals surface area contributed by atoms with E-state index in [1.807, 2.05) is 0 Å². The predicted octanol–water partition coefficient (Wildman–Crippen LogP) is 4.23. The van der Waals surface area contributed by atoms with Crippen LogP contribution in [0, 0.1) is 40.9 Å². The minimum Gasteiger partial charge on any atom is -0.481 e. The van der Waals surface area contributed by atoms with Gasteiger partial charge in [0.2, 0.25) is 0 Å². The van der Waals surface area contributed by atoms with Crippen LogP contribution < -0.4 is 0 Å². The third-order valence-electron chi connectivity index (χ3n) is 9.66. The Hall–Kier alpha value is -0.610. The highest BCUT2D eigenvalue weighted by molar-refractivity contribution is 5.66. The van der Waals surface area contributed by atoms with Crippen LogP contribution in [0.1, 0.15) is 84.5 Å². The average Bonchev–Trinajstić information content (AvgIpc) is 2.97. The fourth-order valence-electron chi connectivity index (χ4n) is 8.25. The number of fused-ring (bicyclic) bond motifs is 5. The van der Waals surface area contributed by atoms with Crippen LogP contribution in [0.25, 0.3) is 0 Å². The lowest BCUT2D eigenvalue weighted by Crippen LogP contribution is -2.57. The number of carbonyl (C=O) groups is 1. The molecule has 7 unspecified atom stereocenters. The lowest BCUT2D eigenvalue weighted by Gasteiger charge is -2.60. The Balaban J connectivity index is 1.51. The SMILES string of the molecule is C[C@H](CCC(=O)O)C1CCC2C3CCC4C[C@H](O)CCC4(C)C3CCC21O. The van der Waals surface area contributed by atoms with Gasteiger partial charge in [0.25, 0.3) is 0 Å². The first kappa shape index (κ1) is 19.7. The maximum absolute atomic E-state index is 11.8. The zero-order valence-corrected chi connectivity index (χ0v) is 17.1. The van der Waals surface area contributed by atoms with Crippen LogP contribution in [0.5, 0.6) is 0 Å². The van der Waals surface area contributed by atoms with E-state index < -0.39 is 11.6 Å². The lowest BCUT2D eigenvalue weighted by atomic mass is 9.46. The molecule has 0 bridgehead atoms. The van der Waals surface area contributed by atoms with Crippen molar-refractivity contribution >= 4 is 5.97 Å². The van der Waals surface area contributed by atoms with E-state index in [4.69, 9.17) is 5.11 Å². The van der Waals surface area contributed by atoms with Crippen molar-refractivity contribution in [3.05, 3.63) is 0 Å². The first-order valence-corrected chi connectivity index (χ1v) is 11.4. The van der Waals surface area contributed by atoms with Crippen LogP contribution in [-0.2, 0) is 4.79 Å². The number of hydrogen-bond donors (Lipinski definition) is 3. The van der Waals surface area contributed by atoms with Crippen LogP contribution in [-0.4, -0.2) is 33.0 Å². The molecule has 4 saturated carbocycles. The van der Waals surface area contributed by atoms with Crippen LogP contribution in [0.2, 0.25) is 0 Å². The molecule has 0 saturated heterocycles.